The standard InChI is InChI=1S/C15H10ClFN2O2/c16-11-3-1-10(2-4-11)15(21)14(9-20)19-18-13-7-5-12(17)6-8-13/h1-9,20H/b14-9-,19-18?. The van der Waals surface area contributed by atoms with Crippen LogP contribution in [0.5, 0.6) is 0 Å². The van der Waals surface area contributed by atoms with Gasteiger partial charge >= 0.3 is 0 Å². The van der Waals surface area contributed by atoms with Gasteiger partial charge in [0.05, 0.1) is 5.69 Å². The lowest BCUT2D eigenvalue weighted by molar-refractivity contribution is 0.102. The van der Waals surface area contributed by atoms with Gasteiger partial charge in [0.25, 0.3) is 0 Å². The Balaban J connectivity index is 2.18. The van der Waals surface area contributed by atoms with Crippen LogP contribution >= 0.6 is 11.6 Å². The van der Waals surface area contributed by atoms with E-state index in [1.807, 2.05) is 0 Å². The Morgan fingerprint density at radius 2 is 1.71 bits per heavy atom. The molecule has 2 rings (SSSR count). The highest BCUT2D eigenvalue weighted by atomic mass is 35.5. The van der Waals surface area contributed by atoms with Gasteiger partial charge in [-0.3, -0.25) is 4.79 Å². The van der Waals surface area contributed by atoms with Gasteiger partial charge in [-0.15, -0.1) is 5.11 Å². The van der Waals surface area contributed by atoms with Crippen molar-refractivity contribution in [3.05, 3.63) is 76.9 Å². The maximum atomic E-state index is 12.7. The lowest BCUT2D eigenvalue weighted by Gasteiger charge is -2.00. The van der Waals surface area contributed by atoms with Crippen molar-refractivity contribution in [1.29, 1.82) is 0 Å². The molecule has 0 bridgehead atoms. The van der Waals surface area contributed by atoms with Gasteiger partial charge in [0.2, 0.25) is 5.78 Å². The molecule has 0 saturated heterocycles. The number of hydrogen-bond donors (Lipinski definition) is 1. The first kappa shape index (κ1) is 14.9. The summed E-state index contributed by atoms with van der Waals surface area (Å²) in [6.07, 6.45) is 0.573. The molecular formula is C15H10ClFN2O2. The molecule has 0 heterocycles. The monoisotopic (exact) mass is 304 g/mol. The van der Waals surface area contributed by atoms with Gasteiger partial charge in [-0.2, -0.15) is 5.11 Å². The molecular weight excluding hydrogens is 295 g/mol. The van der Waals surface area contributed by atoms with Crippen molar-refractivity contribution in [2.24, 2.45) is 10.2 Å². The lowest BCUT2D eigenvalue weighted by atomic mass is 10.1. The highest BCUT2D eigenvalue weighted by molar-refractivity contribution is 6.30. The average molecular weight is 305 g/mol. The first-order valence-electron chi connectivity index (χ1n) is 5.92. The summed E-state index contributed by atoms with van der Waals surface area (Å²) in [6, 6.07) is 11.4. The minimum Gasteiger partial charge on any atom is -0.513 e. The SMILES string of the molecule is O=C(/C(=C/O)N=Nc1ccc(F)cc1)c1ccc(Cl)cc1. The summed E-state index contributed by atoms with van der Waals surface area (Å²) in [5.41, 5.74) is 0.444. The number of Topliss-reactive ketones (excluding diaryl/α,β-unsaturated/α-hetero) is 1. The van der Waals surface area contributed by atoms with Crippen molar-refractivity contribution in [3.8, 4) is 0 Å². The van der Waals surface area contributed by atoms with Crippen LogP contribution in [0.4, 0.5) is 10.1 Å². The molecule has 6 heteroatoms. The van der Waals surface area contributed by atoms with Gasteiger partial charge in [-0.05, 0) is 48.5 Å². The van der Waals surface area contributed by atoms with Gasteiger partial charge in [-0.1, -0.05) is 11.6 Å². The molecule has 0 saturated carbocycles. The number of ketones is 1. The molecule has 0 atom stereocenters. The molecule has 0 amide bonds. The van der Waals surface area contributed by atoms with E-state index in [1.165, 1.54) is 36.4 Å². The molecule has 0 spiro atoms. The van der Waals surface area contributed by atoms with Gasteiger partial charge < -0.3 is 5.11 Å². The average Bonchev–Trinajstić information content (AvgIpc) is 2.50. The van der Waals surface area contributed by atoms with E-state index in [9.17, 15) is 9.18 Å². The Bertz CT molecular complexity index is 695. The number of aliphatic hydroxyl groups excluding tert-OH is 1. The van der Waals surface area contributed by atoms with E-state index in [-0.39, 0.29) is 5.70 Å². The first-order chi connectivity index (χ1) is 10.1. The Kier molecular flexibility index (Phi) is 4.79. The predicted molar refractivity (Wildman–Crippen MR) is 77.4 cm³/mol. The van der Waals surface area contributed by atoms with E-state index in [0.29, 0.717) is 22.5 Å². The van der Waals surface area contributed by atoms with Crippen LogP contribution in [0.15, 0.2) is 70.7 Å². The van der Waals surface area contributed by atoms with E-state index in [0.717, 1.165) is 0 Å². The number of halogens is 2. The normalized spacial score (nSPS) is 11.8. The number of azo groups is 1. The van der Waals surface area contributed by atoms with Crippen molar-refractivity contribution in [1.82, 2.24) is 0 Å². The maximum Gasteiger partial charge on any atom is 0.216 e. The number of allylic oxidation sites excluding steroid dienone is 1. The zero-order chi connectivity index (χ0) is 15.2. The molecule has 0 fully saturated rings. The van der Waals surface area contributed by atoms with Crippen molar-refractivity contribution in [2.45, 2.75) is 0 Å². The molecule has 2 aromatic rings. The van der Waals surface area contributed by atoms with Crippen molar-refractivity contribution in [3.63, 3.8) is 0 Å². The third kappa shape index (κ3) is 3.97. The number of aliphatic hydroxyl groups is 1. The first-order valence-corrected chi connectivity index (χ1v) is 6.30. The Hall–Kier alpha value is -2.53. The summed E-state index contributed by atoms with van der Waals surface area (Å²) in [7, 11) is 0. The summed E-state index contributed by atoms with van der Waals surface area (Å²) in [6.45, 7) is 0. The molecule has 106 valence electrons. The minimum atomic E-state index is -0.500. The van der Waals surface area contributed by atoms with Crippen LogP contribution in [0.1, 0.15) is 10.4 Å². The zero-order valence-corrected chi connectivity index (χ0v) is 11.5. The number of carbonyl (C=O) groups excluding carboxylic acids is 1. The van der Waals surface area contributed by atoms with Crippen LogP contribution in [0.3, 0.4) is 0 Å². The highest BCUT2D eigenvalue weighted by Crippen LogP contribution is 2.17. The Morgan fingerprint density at radius 1 is 1.10 bits per heavy atom. The fourth-order valence-corrected chi connectivity index (χ4v) is 1.62. The maximum absolute atomic E-state index is 12.7. The van der Waals surface area contributed by atoms with Crippen molar-refractivity contribution in [2.75, 3.05) is 0 Å². The number of nitrogens with zero attached hydrogens (tertiary/aromatic N) is 2. The van der Waals surface area contributed by atoms with Gasteiger partial charge in [0.15, 0.2) is 5.70 Å². The number of hydrogen-bond acceptors (Lipinski definition) is 4. The largest absolute Gasteiger partial charge is 0.513 e. The molecule has 0 unspecified atom stereocenters. The van der Waals surface area contributed by atoms with Gasteiger partial charge in [0.1, 0.15) is 12.1 Å². The lowest BCUT2D eigenvalue weighted by Crippen LogP contribution is -2.01. The summed E-state index contributed by atoms with van der Waals surface area (Å²) < 4.78 is 12.7. The van der Waals surface area contributed by atoms with Crippen LogP contribution in [0, 0.1) is 5.82 Å². The Morgan fingerprint density at radius 3 is 2.29 bits per heavy atom. The predicted octanol–water partition coefficient (Wildman–Crippen LogP) is 4.85. The fourth-order valence-electron chi connectivity index (χ4n) is 1.50. The number of carbonyl (C=O) groups is 1. The van der Waals surface area contributed by atoms with E-state index < -0.39 is 11.6 Å². The number of rotatable bonds is 4. The second kappa shape index (κ2) is 6.76. The molecule has 0 aliphatic carbocycles. The smallest absolute Gasteiger partial charge is 0.216 e. The van der Waals surface area contributed by atoms with E-state index in [4.69, 9.17) is 16.7 Å². The quantitative estimate of drug-likeness (QED) is 0.380. The second-order valence-electron chi connectivity index (χ2n) is 4.03. The van der Waals surface area contributed by atoms with E-state index in [2.05, 4.69) is 10.2 Å². The fraction of sp³-hybridized carbons (Fsp3) is 0. The molecule has 0 aromatic heterocycles. The molecule has 0 radical (unpaired) electrons. The zero-order valence-electron chi connectivity index (χ0n) is 10.7. The van der Waals surface area contributed by atoms with Crippen LogP contribution in [-0.4, -0.2) is 10.9 Å². The van der Waals surface area contributed by atoms with E-state index in [1.54, 1.807) is 12.1 Å². The molecule has 1 N–H and O–H groups in total. The second-order valence-corrected chi connectivity index (χ2v) is 4.46. The molecule has 0 aliphatic rings. The van der Waals surface area contributed by atoms with Crippen molar-refractivity contribution < 1.29 is 14.3 Å². The van der Waals surface area contributed by atoms with Crippen molar-refractivity contribution >= 4 is 23.1 Å². The van der Waals surface area contributed by atoms with Crippen LogP contribution in [-0.2, 0) is 0 Å². The minimum absolute atomic E-state index is 0.235. The van der Waals surface area contributed by atoms with Crippen LogP contribution < -0.4 is 0 Å². The number of benzene rings is 2. The van der Waals surface area contributed by atoms with Gasteiger partial charge in [0, 0.05) is 10.6 Å². The molecule has 0 aliphatic heterocycles. The molecule has 21 heavy (non-hydrogen) atoms. The third-order valence-corrected chi connectivity index (χ3v) is 2.81. The topological polar surface area (TPSA) is 62.0 Å². The summed E-state index contributed by atoms with van der Waals surface area (Å²) in [5, 5.41) is 17.0. The van der Waals surface area contributed by atoms with Crippen LogP contribution in [0.2, 0.25) is 5.02 Å². The Labute approximate surface area is 125 Å². The van der Waals surface area contributed by atoms with Gasteiger partial charge in [-0.25, -0.2) is 4.39 Å². The third-order valence-electron chi connectivity index (χ3n) is 2.56. The molecule has 4 nitrogen and oxygen atoms in total. The van der Waals surface area contributed by atoms with Crippen LogP contribution in [0.25, 0.3) is 0 Å². The molecule has 2 aromatic carbocycles. The summed E-state index contributed by atoms with van der Waals surface area (Å²) in [4.78, 5) is 12.1. The summed E-state index contributed by atoms with van der Waals surface area (Å²) >= 11 is 5.74. The highest BCUT2D eigenvalue weighted by Gasteiger charge is 2.12. The van der Waals surface area contributed by atoms with E-state index >= 15 is 0 Å². The summed E-state index contributed by atoms with van der Waals surface area (Å²) in [5.74, 6) is -0.899.